The molecule has 1 aromatic carbocycles. The van der Waals surface area contributed by atoms with E-state index < -0.39 is 0 Å². The first kappa shape index (κ1) is 16.5. The van der Waals surface area contributed by atoms with Crippen LogP contribution in [0.1, 0.15) is 28.3 Å². The molecular weight excluding hydrogens is 316 g/mol. The fourth-order valence-corrected chi connectivity index (χ4v) is 2.47. The summed E-state index contributed by atoms with van der Waals surface area (Å²) in [4.78, 5) is 8.24. The van der Waals surface area contributed by atoms with Crippen LogP contribution in [-0.2, 0) is 13.2 Å². The van der Waals surface area contributed by atoms with Crippen molar-refractivity contribution < 1.29 is 9.15 Å². The molecule has 6 heteroatoms. The molecule has 0 saturated carbocycles. The van der Waals surface area contributed by atoms with E-state index in [9.17, 15) is 5.26 Å². The summed E-state index contributed by atoms with van der Waals surface area (Å²) in [5.74, 6) is 1.50. The lowest BCUT2D eigenvalue weighted by Crippen LogP contribution is -2.00. The van der Waals surface area contributed by atoms with Crippen molar-refractivity contribution in [3.63, 3.8) is 0 Å². The van der Waals surface area contributed by atoms with Gasteiger partial charge < -0.3 is 14.5 Å². The largest absolute Gasteiger partial charge is 0.483 e. The van der Waals surface area contributed by atoms with E-state index in [0.29, 0.717) is 18.3 Å². The first-order valence-electron chi connectivity index (χ1n) is 7.89. The number of para-hydroxylation sites is 1. The second-order valence-electron chi connectivity index (χ2n) is 5.62. The van der Waals surface area contributed by atoms with E-state index in [0.717, 1.165) is 22.4 Å². The normalized spacial score (nSPS) is 10.3. The van der Waals surface area contributed by atoms with Crippen LogP contribution in [0, 0.1) is 25.2 Å². The molecule has 25 heavy (non-hydrogen) atoms. The van der Waals surface area contributed by atoms with Gasteiger partial charge in [-0.05, 0) is 36.6 Å². The third-order valence-electron chi connectivity index (χ3n) is 3.70. The average molecular weight is 334 g/mol. The van der Waals surface area contributed by atoms with Crippen LogP contribution in [0.5, 0.6) is 5.75 Å². The molecule has 1 N–H and O–H groups in total. The van der Waals surface area contributed by atoms with E-state index in [2.05, 4.69) is 15.3 Å². The fourth-order valence-electron chi connectivity index (χ4n) is 2.47. The third kappa shape index (κ3) is 3.96. The van der Waals surface area contributed by atoms with Crippen LogP contribution in [0.4, 0.5) is 5.88 Å². The molecule has 6 nitrogen and oxygen atoms in total. The Kier molecular flexibility index (Phi) is 4.95. The van der Waals surface area contributed by atoms with Gasteiger partial charge in [-0.3, -0.25) is 4.98 Å². The van der Waals surface area contributed by atoms with E-state index in [1.165, 1.54) is 0 Å². The van der Waals surface area contributed by atoms with Crippen molar-refractivity contribution in [3.05, 3.63) is 71.0 Å². The molecule has 0 amide bonds. The van der Waals surface area contributed by atoms with Crippen molar-refractivity contribution >= 4 is 5.88 Å². The first-order valence-corrected chi connectivity index (χ1v) is 7.89. The summed E-state index contributed by atoms with van der Waals surface area (Å²) < 4.78 is 11.5. The average Bonchev–Trinajstić information content (AvgIpc) is 3.03. The SMILES string of the molecule is Cc1cccc(C)c1OCc1nc(C#N)c(NCc2cccnc2)o1. The Hall–Kier alpha value is -3.33. The molecule has 3 aromatic rings. The lowest BCUT2D eigenvalue weighted by molar-refractivity contribution is 0.261. The first-order chi connectivity index (χ1) is 12.2. The minimum atomic E-state index is 0.162. The molecular formula is C19H18N4O2. The molecule has 0 unspecified atom stereocenters. The fraction of sp³-hybridized carbons (Fsp3) is 0.211. The molecule has 0 aliphatic heterocycles. The van der Waals surface area contributed by atoms with Crippen LogP contribution in [0.25, 0.3) is 0 Å². The van der Waals surface area contributed by atoms with Crippen molar-refractivity contribution in [2.45, 2.75) is 27.0 Å². The molecule has 0 saturated heterocycles. The Bertz CT molecular complexity index is 877. The van der Waals surface area contributed by atoms with Gasteiger partial charge >= 0.3 is 0 Å². The zero-order valence-electron chi connectivity index (χ0n) is 14.1. The summed E-state index contributed by atoms with van der Waals surface area (Å²) in [5.41, 5.74) is 3.28. The van der Waals surface area contributed by atoms with Crippen molar-refractivity contribution in [3.8, 4) is 11.8 Å². The second-order valence-corrected chi connectivity index (χ2v) is 5.62. The zero-order chi connectivity index (χ0) is 17.6. The number of oxazole rings is 1. The monoisotopic (exact) mass is 334 g/mol. The van der Waals surface area contributed by atoms with E-state index in [4.69, 9.17) is 9.15 Å². The number of anilines is 1. The number of aromatic nitrogens is 2. The Labute approximate surface area is 146 Å². The van der Waals surface area contributed by atoms with Crippen LogP contribution in [0.2, 0.25) is 0 Å². The van der Waals surface area contributed by atoms with Crippen molar-refractivity contribution in [2.75, 3.05) is 5.32 Å². The highest BCUT2D eigenvalue weighted by atomic mass is 16.5. The summed E-state index contributed by atoms with van der Waals surface area (Å²) in [7, 11) is 0. The highest BCUT2D eigenvalue weighted by Gasteiger charge is 2.14. The number of nitrogens with one attached hydrogen (secondary N) is 1. The molecule has 0 fully saturated rings. The zero-order valence-corrected chi connectivity index (χ0v) is 14.1. The van der Waals surface area contributed by atoms with E-state index in [1.54, 1.807) is 12.4 Å². The lowest BCUT2D eigenvalue weighted by atomic mass is 10.1. The smallest absolute Gasteiger partial charge is 0.236 e. The lowest BCUT2D eigenvalue weighted by Gasteiger charge is -2.09. The number of pyridine rings is 1. The van der Waals surface area contributed by atoms with Crippen LogP contribution in [0.3, 0.4) is 0 Å². The van der Waals surface area contributed by atoms with Crippen LogP contribution >= 0.6 is 0 Å². The number of aryl methyl sites for hydroxylation is 2. The molecule has 0 aliphatic carbocycles. The summed E-state index contributed by atoms with van der Waals surface area (Å²) in [6, 6.07) is 11.8. The number of nitriles is 1. The molecule has 3 rings (SSSR count). The third-order valence-corrected chi connectivity index (χ3v) is 3.70. The maximum atomic E-state index is 9.24. The minimum absolute atomic E-state index is 0.162. The van der Waals surface area contributed by atoms with E-state index in [-0.39, 0.29) is 12.3 Å². The Morgan fingerprint density at radius 1 is 1.20 bits per heavy atom. The Morgan fingerprint density at radius 2 is 2.00 bits per heavy atom. The minimum Gasteiger partial charge on any atom is -0.483 e. The quantitative estimate of drug-likeness (QED) is 0.739. The van der Waals surface area contributed by atoms with Gasteiger partial charge in [0.25, 0.3) is 0 Å². The molecule has 0 atom stereocenters. The highest BCUT2D eigenvalue weighted by molar-refractivity contribution is 5.46. The highest BCUT2D eigenvalue weighted by Crippen LogP contribution is 2.24. The molecule has 2 aromatic heterocycles. The summed E-state index contributed by atoms with van der Waals surface area (Å²) in [6.07, 6.45) is 3.46. The molecule has 0 bridgehead atoms. The summed E-state index contributed by atoms with van der Waals surface area (Å²) in [5, 5.41) is 12.3. The van der Waals surface area contributed by atoms with Gasteiger partial charge in [-0.15, -0.1) is 0 Å². The number of benzene rings is 1. The van der Waals surface area contributed by atoms with E-state index in [1.807, 2.05) is 50.2 Å². The van der Waals surface area contributed by atoms with Crippen LogP contribution in [0.15, 0.2) is 47.1 Å². The number of rotatable bonds is 6. The van der Waals surface area contributed by atoms with Crippen molar-refractivity contribution in [1.82, 2.24) is 9.97 Å². The van der Waals surface area contributed by atoms with Gasteiger partial charge in [-0.2, -0.15) is 10.2 Å². The molecule has 0 spiro atoms. The maximum Gasteiger partial charge on any atom is 0.236 e. The van der Waals surface area contributed by atoms with Gasteiger partial charge in [0.05, 0.1) is 0 Å². The molecule has 0 radical (unpaired) electrons. The maximum absolute atomic E-state index is 9.24. The number of ether oxygens (including phenoxy) is 1. The van der Waals surface area contributed by atoms with Crippen molar-refractivity contribution in [2.24, 2.45) is 0 Å². The van der Waals surface area contributed by atoms with E-state index >= 15 is 0 Å². The van der Waals surface area contributed by atoms with Crippen LogP contribution in [-0.4, -0.2) is 9.97 Å². The van der Waals surface area contributed by atoms with Gasteiger partial charge in [0.1, 0.15) is 11.8 Å². The standard InChI is InChI=1S/C19H18N4O2/c1-13-5-3-6-14(2)18(13)24-12-17-23-16(9-20)19(25-17)22-11-15-7-4-8-21-10-15/h3-8,10,22H,11-12H2,1-2H3. The van der Waals surface area contributed by atoms with Gasteiger partial charge in [-0.25, -0.2) is 0 Å². The van der Waals surface area contributed by atoms with Crippen molar-refractivity contribution in [1.29, 1.82) is 5.26 Å². The molecule has 2 heterocycles. The summed E-state index contributed by atoms with van der Waals surface area (Å²) in [6.45, 7) is 4.63. The summed E-state index contributed by atoms with van der Waals surface area (Å²) >= 11 is 0. The van der Waals surface area contributed by atoms with Crippen LogP contribution < -0.4 is 10.1 Å². The second kappa shape index (κ2) is 7.49. The predicted octanol–water partition coefficient (Wildman–Crippen LogP) is 3.75. The Balaban J connectivity index is 1.69. The molecule has 0 aliphatic rings. The van der Waals surface area contributed by atoms with Gasteiger partial charge in [0, 0.05) is 18.9 Å². The molecule has 126 valence electrons. The van der Waals surface area contributed by atoms with Gasteiger partial charge in [0.2, 0.25) is 17.5 Å². The Morgan fingerprint density at radius 3 is 2.68 bits per heavy atom. The van der Waals surface area contributed by atoms with Gasteiger partial charge in [0.15, 0.2) is 6.61 Å². The topological polar surface area (TPSA) is 84.0 Å². The van der Waals surface area contributed by atoms with Gasteiger partial charge in [-0.1, -0.05) is 24.3 Å². The predicted molar refractivity (Wildman–Crippen MR) is 93.0 cm³/mol. The number of hydrogen-bond donors (Lipinski definition) is 1. The number of nitrogens with zero attached hydrogens (tertiary/aromatic N) is 3. The number of hydrogen-bond acceptors (Lipinski definition) is 6.